The summed E-state index contributed by atoms with van der Waals surface area (Å²) in [6.07, 6.45) is 10.3. The number of piperazine rings is 1. The smallest absolute Gasteiger partial charge is 0.256 e. The summed E-state index contributed by atoms with van der Waals surface area (Å²) in [6.45, 7) is 7.42. The lowest BCUT2D eigenvalue weighted by atomic mass is 9.91. The van der Waals surface area contributed by atoms with Gasteiger partial charge in [0.15, 0.2) is 6.29 Å². The van der Waals surface area contributed by atoms with E-state index in [0.29, 0.717) is 47.6 Å². The van der Waals surface area contributed by atoms with Crippen LogP contribution in [0.5, 0.6) is 0 Å². The summed E-state index contributed by atoms with van der Waals surface area (Å²) in [5, 5.41) is 12.9. The Bertz CT molecular complexity index is 1240. The molecule has 1 aliphatic carbocycles. The minimum atomic E-state index is -0.0506. The predicted molar refractivity (Wildman–Crippen MR) is 150 cm³/mol. The van der Waals surface area contributed by atoms with E-state index in [2.05, 4.69) is 36.3 Å². The Labute approximate surface area is 219 Å². The van der Waals surface area contributed by atoms with Crippen molar-refractivity contribution in [1.82, 2.24) is 15.2 Å². The molecule has 0 bridgehead atoms. The fourth-order valence-electron chi connectivity index (χ4n) is 5.48. The molecule has 1 aliphatic heterocycles. The number of nitrogens with zero attached hydrogens (tertiary/aromatic N) is 1. The Morgan fingerprint density at radius 2 is 2.00 bits per heavy atom. The molecule has 2 atom stereocenters. The lowest BCUT2D eigenvalue weighted by Gasteiger charge is -2.36. The summed E-state index contributed by atoms with van der Waals surface area (Å²) in [7, 11) is 0. The molecule has 1 amide bonds. The number of aliphatic hydroxyl groups excluding tert-OH is 1. The number of aryl methyl sites for hydroxylation is 1. The minimum Gasteiger partial charge on any atom is -0.398 e. The molecule has 7 heteroatoms. The molecule has 0 radical (unpaired) electrons. The van der Waals surface area contributed by atoms with Gasteiger partial charge in [0.05, 0.1) is 11.3 Å². The maximum absolute atomic E-state index is 13.5. The number of aliphatic hydroxyl groups is 1. The molecule has 2 aliphatic rings. The van der Waals surface area contributed by atoms with Crippen LogP contribution in [0.15, 0.2) is 42.0 Å². The van der Waals surface area contributed by atoms with Crippen molar-refractivity contribution in [1.29, 1.82) is 0 Å². The van der Waals surface area contributed by atoms with Crippen molar-refractivity contribution in [2.75, 3.05) is 25.4 Å². The van der Waals surface area contributed by atoms with Crippen LogP contribution in [-0.2, 0) is 4.79 Å². The van der Waals surface area contributed by atoms with Crippen LogP contribution < -0.4 is 11.1 Å². The zero-order chi connectivity index (χ0) is 26.5. The van der Waals surface area contributed by atoms with Crippen LogP contribution in [0.3, 0.4) is 0 Å². The van der Waals surface area contributed by atoms with Gasteiger partial charge >= 0.3 is 0 Å². The predicted octanol–water partition coefficient (Wildman–Crippen LogP) is 4.34. The normalized spacial score (nSPS) is 20.8. The second-order valence-corrected chi connectivity index (χ2v) is 10.3. The molecule has 1 unspecified atom stereocenters. The van der Waals surface area contributed by atoms with Gasteiger partial charge in [-0.2, -0.15) is 0 Å². The highest BCUT2D eigenvalue weighted by Gasteiger charge is 2.27. The van der Waals surface area contributed by atoms with Gasteiger partial charge < -0.3 is 26.0 Å². The number of H-pyrrole nitrogens is 1. The number of nitrogen functional groups attached to an aromatic ring is 1. The Hall–Kier alpha value is -3.42. The number of aldehydes is 1. The average molecular weight is 503 g/mol. The minimum absolute atomic E-state index is 0.0506. The molecule has 5 N–H and O–H groups in total. The maximum Gasteiger partial charge on any atom is 0.256 e. The van der Waals surface area contributed by atoms with Crippen LogP contribution in [0, 0.1) is 6.92 Å². The Morgan fingerprint density at radius 3 is 2.70 bits per heavy atom. The fraction of sp³-hybridized carbons (Fsp3) is 0.400. The number of allylic oxidation sites excluding steroid dienone is 4. The van der Waals surface area contributed by atoms with Gasteiger partial charge in [0.2, 0.25) is 0 Å². The van der Waals surface area contributed by atoms with Gasteiger partial charge in [-0.25, -0.2) is 0 Å². The number of hydrogen-bond acceptors (Lipinski definition) is 5. The number of anilines is 1. The molecule has 1 aromatic carbocycles. The lowest BCUT2D eigenvalue weighted by molar-refractivity contribution is -0.103. The van der Waals surface area contributed by atoms with Crippen LogP contribution >= 0.6 is 0 Å². The molecule has 37 heavy (non-hydrogen) atoms. The fourth-order valence-corrected chi connectivity index (χ4v) is 5.48. The third-order valence-electron chi connectivity index (χ3n) is 7.04. The van der Waals surface area contributed by atoms with E-state index in [9.17, 15) is 14.7 Å². The number of benzene rings is 1. The quantitative estimate of drug-likeness (QED) is 0.256. The topological polar surface area (TPSA) is 111 Å². The number of carbonyl (C=O) groups is 2. The van der Waals surface area contributed by atoms with Gasteiger partial charge in [-0.05, 0) is 75.8 Å². The third-order valence-corrected chi connectivity index (χ3v) is 7.04. The standard InChI is InChI=1S/C30H38N4O3/c1-19-13-26(30(37)34-16-20(2)32-21(3)17-34)28(33-19)15-24(18-36)29-25(9-6-10-27(29)31)23-8-5-4-7-22(14-23)11-12-35/h6,8-10,13-15,18,20-21,32-33,35H,4-5,7,11-12,16-17,31H2,1-3H3/b24-15+/t20-,21?/m0/s1. The molecular formula is C30H38N4O3. The first kappa shape index (κ1) is 26.6. The summed E-state index contributed by atoms with van der Waals surface area (Å²) in [5.74, 6) is -0.0506. The van der Waals surface area contributed by atoms with Crippen molar-refractivity contribution in [2.24, 2.45) is 0 Å². The first-order valence-corrected chi connectivity index (χ1v) is 13.1. The van der Waals surface area contributed by atoms with Gasteiger partial charge in [0, 0.05) is 54.3 Å². The Kier molecular flexibility index (Phi) is 8.46. The van der Waals surface area contributed by atoms with Crippen molar-refractivity contribution in [3.63, 3.8) is 0 Å². The van der Waals surface area contributed by atoms with Crippen molar-refractivity contribution in [3.8, 4) is 0 Å². The number of rotatable bonds is 7. The van der Waals surface area contributed by atoms with Crippen molar-refractivity contribution in [3.05, 3.63) is 70.1 Å². The van der Waals surface area contributed by atoms with E-state index in [1.54, 1.807) is 12.1 Å². The van der Waals surface area contributed by atoms with E-state index in [-0.39, 0.29) is 24.6 Å². The van der Waals surface area contributed by atoms with E-state index >= 15 is 0 Å². The third kappa shape index (κ3) is 6.12. The monoisotopic (exact) mass is 502 g/mol. The first-order chi connectivity index (χ1) is 17.8. The molecule has 2 aromatic rings. The molecule has 1 aromatic heterocycles. The van der Waals surface area contributed by atoms with Gasteiger partial charge in [0.1, 0.15) is 0 Å². The molecule has 196 valence electrons. The summed E-state index contributed by atoms with van der Waals surface area (Å²) in [5.41, 5.74) is 13.1. The summed E-state index contributed by atoms with van der Waals surface area (Å²) in [4.78, 5) is 31.2. The Balaban J connectivity index is 1.77. The number of nitrogens with one attached hydrogen (secondary N) is 2. The zero-order valence-corrected chi connectivity index (χ0v) is 22.0. The number of amides is 1. The van der Waals surface area contributed by atoms with Crippen LogP contribution in [0.25, 0.3) is 17.2 Å². The van der Waals surface area contributed by atoms with Crippen LogP contribution in [-0.4, -0.2) is 59.0 Å². The van der Waals surface area contributed by atoms with Gasteiger partial charge in [-0.1, -0.05) is 29.9 Å². The number of hydrogen-bond donors (Lipinski definition) is 4. The summed E-state index contributed by atoms with van der Waals surface area (Å²) in [6, 6.07) is 7.93. The molecule has 7 nitrogen and oxygen atoms in total. The average Bonchev–Trinajstić information content (AvgIpc) is 3.06. The highest BCUT2D eigenvalue weighted by atomic mass is 16.3. The van der Waals surface area contributed by atoms with Crippen LogP contribution in [0.2, 0.25) is 0 Å². The van der Waals surface area contributed by atoms with Crippen LogP contribution in [0.4, 0.5) is 5.69 Å². The molecule has 4 rings (SSSR count). The number of aromatic nitrogens is 1. The number of aromatic amines is 1. The molecular weight excluding hydrogens is 464 g/mol. The largest absolute Gasteiger partial charge is 0.398 e. The van der Waals surface area contributed by atoms with Gasteiger partial charge in [0.25, 0.3) is 5.91 Å². The zero-order valence-electron chi connectivity index (χ0n) is 22.0. The molecule has 0 saturated carbocycles. The van der Waals surface area contributed by atoms with E-state index < -0.39 is 0 Å². The molecule has 0 spiro atoms. The lowest BCUT2D eigenvalue weighted by Crippen LogP contribution is -2.55. The second-order valence-electron chi connectivity index (χ2n) is 10.3. The van der Waals surface area contributed by atoms with Crippen molar-refractivity contribution in [2.45, 2.75) is 58.5 Å². The summed E-state index contributed by atoms with van der Waals surface area (Å²) >= 11 is 0. The van der Waals surface area contributed by atoms with E-state index in [1.165, 1.54) is 5.57 Å². The number of carbonyl (C=O) groups excluding carboxylic acids is 2. The highest BCUT2D eigenvalue weighted by molar-refractivity contribution is 6.18. The SMILES string of the molecule is Cc1cc(C(=O)N2CC(C)N[C@@H](C)C2)c(/C=C(\C=O)c2c(N)cccc2C2=CCCCC(CCO)=C2)[nH]1. The van der Waals surface area contributed by atoms with Crippen molar-refractivity contribution < 1.29 is 14.7 Å². The highest BCUT2D eigenvalue weighted by Crippen LogP contribution is 2.35. The van der Waals surface area contributed by atoms with E-state index in [0.717, 1.165) is 42.4 Å². The van der Waals surface area contributed by atoms with Crippen molar-refractivity contribution >= 4 is 35.1 Å². The molecule has 1 saturated heterocycles. The van der Waals surface area contributed by atoms with Gasteiger partial charge in [-0.15, -0.1) is 0 Å². The maximum atomic E-state index is 13.5. The summed E-state index contributed by atoms with van der Waals surface area (Å²) < 4.78 is 0. The molecule has 1 fully saturated rings. The first-order valence-electron chi connectivity index (χ1n) is 13.1. The second kappa shape index (κ2) is 11.8. The Morgan fingerprint density at radius 1 is 1.24 bits per heavy atom. The molecule has 2 heterocycles. The van der Waals surface area contributed by atoms with Crippen LogP contribution in [0.1, 0.15) is 72.4 Å². The van der Waals surface area contributed by atoms with E-state index in [4.69, 9.17) is 5.73 Å². The van der Waals surface area contributed by atoms with Gasteiger partial charge in [-0.3, -0.25) is 9.59 Å². The number of nitrogens with two attached hydrogens (primary N) is 1. The van der Waals surface area contributed by atoms with E-state index in [1.807, 2.05) is 30.0 Å².